The molecule has 16 heavy (non-hydrogen) atoms. The van der Waals surface area contributed by atoms with Gasteiger partial charge in [0, 0.05) is 6.04 Å². The van der Waals surface area contributed by atoms with Gasteiger partial charge >= 0.3 is 0 Å². The van der Waals surface area contributed by atoms with E-state index in [1.165, 1.54) is 0 Å². The lowest BCUT2D eigenvalue weighted by Crippen LogP contribution is -2.14. The molecule has 0 aliphatic rings. The van der Waals surface area contributed by atoms with Crippen molar-refractivity contribution in [1.82, 2.24) is 0 Å². The second-order valence-electron chi connectivity index (χ2n) is 4.92. The lowest BCUT2D eigenvalue weighted by Gasteiger charge is -2.17. The first-order chi connectivity index (χ1) is 7.49. The minimum absolute atomic E-state index is 0.0592. The van der Waals surface area contributed by atoms with E-state index in [4.69, 9.17) is 10.5 Å². The van der Waals surface area contributed by atoms with Crippen LogP contribution in [0.4, 0.5) is 0 Å². The third kappa shape index (κ3) is 4.23. The molecule has 2 heteroatoms. The molecule has 0 aromatic heterocycles. The van der Waals surface area contributed by atoms with Gasteiger partial charge in [-0.3, -0.25) is 0 Å². The summed E-state index contributed by atoms with van der Waals surface area (Å²) in [4.78, 5) is 0. The molecule has 2 unspecified atom stereocenters. The predicted octanol–water partition coefficient (Wildman–Crippen LogP) is 3.52. The number of hydrogen-bond donors (Lipinski definition) is 1. The zero-order valence-electron chi connectivity index (χ0n) is 10.7. The van der Waals surface area contributed by atoms with Crippen LogP contribution in [0.25, 0.3) is 0 Å². The molecule has 0 spiro atoms. The average Bonchev–Trinajstić information content (AvgIpc) is 2.16. The van der Waals surface area contributed by atoms with Crippen molar-refractivity contribution in [2.24, 2.45) is 11.7 Å². The molecule has 2 nitrogen and oxygen atoms in total. The molecule has 0 aliphatic heterocycles. The van der Waals surface area contributed by atoms with Crippen LogP contribution in [0.1, 0.15) is 45.7 Å². The summed E-state index contributed by atoms with van der Waals surface area (Å²) in [5.41, 5.74) is 6.96. The Labute approximate surface area is 98.8 Å². The fraction of sp³-hybridized carbons (Fsp3) is 0.571. The van der Waals surface area contributed by atoms with Crippen LogP contribution in [0.15, 0.2) is 24.3 Å². The van der Waals surface area contributed by atoms with Gasteiger partial charge in [-0.05, 0) is 43.9 Å². The van der Waals surface area contributed by atoms with Gasteiger partial charge < -0.3 is 10.5 Å². The Kier molecular flexibility index (Phi) is 4.81. The van der Waals surface area contributed by atoms with E-state index in [-0.39, 0.29) is 12.1 Å². The molecule has 2 atom stereocenters. The Balaban J connectivity index is 2.63. The monoisotopic (exact) mass is 221 g/mol. The van der Waals surface area contributed by atoms with Gasteiger partial charge in [0.1, 0.15) is 5.75 Å². The van der Waals surface area contributed by atoms with Gasteiger partial charge in [-0.2, -0.15) is 0 Å². The molecule has 0 heterocycles. The Hall–Kier alpha value is -1.02. The second-order valence-corrected chi connectivity index (χ2v) is 4.92. The van der Waals surface area contributed by atoms with E-state index >= 15 is 0 Å². The first-order valence-corrected chi connectivity index (χ1v) is 6.01. The fourth-order valence-corrected chi connectivity index (χ4v) is 1.82. The normalized spacial score (nSPS) is 14.9. The highest BCUT2D eigenvalue weighted by molar-refractivity contribution is 5.30. The van der Waals surface area contributed by atoms with Crippen LogP contribution in [0.2, 0.25) is 0 Å². The molecule has 0 fully saturated rings. The minimum atomic E-state index is 0.0592. The van der Waals surface area contributed by atoms with Gasteiger partial charge in [-0.25, -0.2) is 0 Å². The number of rotatable bonds is 5. The molecule has 1 aromatic rings. The zero-order valence-corrected chi connectivity index (χ0v) is 10.7. The van der Waals surface area contributed by atoms with Crippen LogP contribution in [0.5, 0.6) is 5.75 Å². The maximum atomic E-state index is 5.86. The molecular formula is C14H23NO. The Morgan fingerprint density at radius 1 is 1.19 bits per heavy atom. The standard InChI is InChI=1S/C14H23NO/c1-10(2)8-11(3)16-14-7-5-6-13(9-14)12(4)15/h5-7,9-12H,8,15H2,1-4H3. The molecule has 0 aliphatic carbocycles. The molecule has 90 valence electrons. The smallest absolute Gasteiger partial charge is 0.120 e. The van der Waals surface area contributed by atoms with Crippen LogP contribution in [0, 0.1) is 5.92 Å². The quantitative estimate of drug-likeness (QED) is 0.825. The van der Waals surface area contributed by atoms with Crippen LogP contribution in [-0.4, -0.2) is 6.10 Å². The summed E-state index contributed by atoms with van der Waals surface area (Å²) < 4.78 is 5.86. The molecule has 0 saturated heterocycles. The number of nitrogens with two attached hydrogens (primary N) is 1. The van der Waals surface area contributed by atoms with Crippen molar-refractivity contribution in [2.75, 3.05) is 0 Å². The Bertz CT molecular complexity index is 320. The second kappa shape index (κ2) is 5.90. The van der Waals surface area contributed by atoms with Crippen molar-refractivity contribution in [2.45, 2.75) is 46.3 Å². The van der Waals surface area contributed by atoms with Gasteiger partial charge in [0.05, 0.1) is 6.10 Å². The van der Waals surface area contributed by atoms with Crippen molar-refractivity contribution in [3.8, 4) is 5.75 Å². The highest BCUT2D eigenvalue weighted by Gasteiger charge is 2.07. The number of hydrogen-bond acceptors (Lipinski definition) is 2. The lowest BCUT2D eigenvalue weighted by atomic mass is 10.1. The fourth-order valence-electron chi connectivity index (χ4n) is 1.82. The van der Waals surface area contributed by atoms with Crippen molar-refractivity contribution in [1.29, 1.82) is 0 Å². The third-order valence-corrected chi connectivity index (χ3v) is 2.52. The van der Waals surface area contributed by atoms with Crippen molar-refractivity contribution < 1.29 is 4.74 Å². The summed E-state index contributed by atoms with van der Waals surface area (Å²) in [6.45, 7) is 8.51. The maximum absolute atomic E-state index is 5.86. The molecule has 1 rings (SSSR count). The first-order valence-electron chi connectivity index (χ1n) is 6.01. The van der Waals surface area contributed by atoms with E-state index in [2.05, 4.69) is 20.8 Å². The van der Waals surface area contributed by atoms with E-state index in [0.717, 1.165) is 17.7 Å². The van der Waals surface area contributed by atoms with Gasteiger partial charge in [-0.1, -0.05) is 26.0 Å². The summed E-state index contributed by atoms with van der Waals surface area (Å²) in [6.07, 6.45) is 1.32. The average molecular weight is 221 g/mol. The SMILES string of the molecule is CC(C)CC(C)Oc1cccc(C(C)N)c1. The molecular weight excluding hydrogens is 198 g/mol. The van der Waals surface area contributed by atoms with Crippen molar-refractivity contribution >= 4 is 0 Å². The van der Waals surface area contributed by atoms with Crippen LogP contribution in [0.3, 0.4) is 0 Å². The van der Waals surface area contributed by atoms with E-state index in [9.17, 15) is 0 Å². The molecule has 0 bridgehead atoms. The van der Waals surface area contributed by atoms with Gasteiger partial charge in [0.25, 0.3) is 0 Å². The van der Waals surface area contributed by atoms with Gasteiger partial charge in [0.2, 0.25) is 0 Å². The Morgan fingerprint density at radius 3 is 2.44 bits per heavy atom. The van der Waals surface area contributed by atoms with E-state index in [1.54, 1.807) is 0 Å². The number of benzene rings is 1. The predicted molar refractivity (Wildman–Crippen MR) is 68.6 cm³/mol. The maximum Gasteiger partial charge on any atom is 0.120 e. The van der Waals surface area contributed by atoms with Crippen LogP contribution < -0.4 is 10.5 Å². The van der Waals surface area contributed by atoms with Gasteiger partial charge in [-0.15, -0.1) is 0 Å². The van der Waals surface area contributed by atoms with E-state index in [1.807, 2.05) is 31.2 Å². The van der Waals surface area contributed by atoms with Crippen molar-refractivity contribution in [3.05, 3.63) is 29.8 Å². The highest BCUT2D eigenvalue weighted by atomic mass is 16.5. The zero-order chi connectivity index (χ0) is 12.1. The summed E-state index contributed by atoms with van der Waals surface area (Å²) in [5, 5.41) is 0. The third-order valence-electron chi connectivity index (χ3n) is 2.52. The summed E-state index contributed by atoms with van der Waals surface area (Å²) in [6, 6.07) is 8.11. The van der Waals surface area contributed by atoms with Gasteiger partial charge in [0.15, 0.2) is 0 Å². The van der Waals surface area contributed by atoms with E-state index in [0.29, 0.717) is 5.92 Å². The topological polar surface area (TPSA) is 35.2 Å². The molecule has 1 aromatic carbocycles. The summed E-state index contributed by atoms with van der Waals surface area (Å²) in [7, 11) is 0. The van der Waals surface area contributed by atoms with Crippen LogP contribution >= 0.6 is 0 Å². The highest BCUT2D eigenvalue weighted by Crippen LogP contribution is 2.20. The molecule has 0 saturated carbocycles. The van der Waals surface area contributed by atoms with Crippen molar-refractivity contribution in [3.63, 3.8) is 0 Å². The molecule has 2 N–H and O–H groups in total. The molecule has 0 radical (unpaired) electrons. The summed E-state index contributed by atoms with van der Waals surface area (Å²) >= 11 is 0. The summed E-state index contributed by atoms with van der Waals surface area (Å²) in [5.74, 6) is 1.58. The molecule has 0 amide bonds. The Morgan fingerprint density at radius 2 is 1.88 bits per heavy atom. The van der Waals surface area contributed by atoms with Crippen LogP contribution in [-0.2, 0) is 0 Å². The lowest BCUT2D eigenvalue weighted by molar-refractivity contribution is 0.193. The first kappa shape index (κ1) is 13.0. The van der Waals surface area contributed by atoms with E-state index < -0.39 is 0 Å². The minimum Gasteiger partial charge on any atom is -0.491 e. The number of ether oxygens (including phenoxy) is 1. The largest absolute Gasteiger partial charge is 0.491 e.